The molecular formula is C12H13N. The molecule has 2 N–H and O–H groups in total. The largest absolute Gasteiger partial charge is 0.436 e. The van der Waals surface area contributed by atoms with Gasteiger partial charge in [-0.3, -0.25) is 0 Å². The van der Waals surface area contributed by atoms with Crippen LogP contribution in [-0.2, 0) is 0 Å². The Morgan fingerprint density at radius 1 is 1.46 bits per heavy atom. The summed E-state index contributed by atoms with van der Waals surface area (Å²) in [6, 6.07) is 0. The summed E-state index contributed by atoms with van der Waals surface area (Å²) in [6.07, 6.45) is 17.0. The normalized spacial score (nSPS) is 23.5. The Balaban J connectivity index is 2.06. The highest BCUT2D eigenvalue weighted by Gasteiger charge is 2.10. The van der Waals surface area contributed by atoms with Gasteiger partial charge in [-0.15, -0.1) is 24.6 Å². The first-order valence-corrected chi connectivity index (χ1v) is 4.58. The van der Waals surface area contributed by atoms with Crippen LogP contribution < -0.4 is 5.73 Å². The lowest BCUT2D eigenvalue weighted by molar-refractivity contribution is 1.06. The van der Waals surface area contributed by atoms with Crippen molar-refractivity contribution in [1.82, 2.24) is 0 Å². The number of nitrogens with two attached hydrogens (primary N) is 1. The minimum Gasteiger partial charge on any atom is -0.436 e. The van der Waals surface area contributed by atoms with Gasteiger partial charge in [-0.05, 0) is 5.57 Å². The van der Waals surface area contributed by atoms with Gasteiger partial charge < -0.3 is 5.73 Å². The molecule has 2 aliphatic rings. The maximum Gasteiger partial charge on any atom is 0.124 e. The van der Waals surface area contributed by atoms with E-state index in [1.54, 1.807) is 0 Å². The number of hydrogen-bond donors (Lipinski definition) is 1. The summed E-state index contributed by atoms with van der Waals surface area (Å²) in [5.41, 5.74) is 8.98. The fourth-order valence-electron chi connectivity index (χ4n) is 1.49. The van der Waals surface area contributed by atoms with E-state index in [4.69, 9.17) is 5.73 Å². The first-order valence-electron chi connectivity index (χ1n) is 4.58. The first-order chi connectivity index (χ1) is 6.34. The van der Waals surface area contributed by atoms with Crippen LogP contribution in [-0.4, -0.2) is 0 Å². The third-order valence-electron chi connectivity index (χ3n) is 2.20. The fourth-order valence-corrected chi connectivity index (χ4v) is 1.49. The second kappa shape index (κ2) is 3.48. The molecule has 1 nitrogen and oxygen atoms in total. The van der Waals surface area contributed by atoms with Crippen molar-refractivity contribution in [3.8, 4) is 0 Å². The van der Waals surface area contributed by atoms with Crippen molar-refractivity contribution in [1.29, 1.82) is 0 Å². The van der Waals surface area contributed by atoms with E-state index >= 15 is 0 Å². The molecule has 0 aromatic rings. The maximum absolute atomic E-state index is 5.60. The fraction of sp³-hybridized carbons (Fsp3) is 0.167. The summed E-state index contributed by atoms with van der Waals surface area (Å²) in [5, 5.41) is 0. The van der Waals surface area contributed by atoms with Crippen molar-refractivity contribution in [2.45, 2.75) is 12.8 Å². The minimum atomic E-state index is 0.821. The topological polar surface area (TPSA) is 26.0 Å². The van der Waals surface area contributed by atoms with Crippen LogP contribution in [0.3, 0.4) is 0 Å². The van der Waals surface area contributed by atoms with Crippen LogP contribution >= 0.6 is 0 Å². The molecule has 0 saturated heterocycles. The summed E-state index contributed by atoms with van der Waals surface area (Å²) in [5.74, 6) is 0. The second-order valence-corrected chi connectivity index (χ2v) is 3.30. The second-order valence-electron chi connectivity index (χ2n) is 3.30. The quantitative estimate of drug-likeness (QED) is 0.602. The zero-order valence-corrected chi connectivity index (χ0v) is 7.53. The van der Waals surface area contributed by atoms with E-state index in [0.29, 0.717) is 0 Å². The average molecular weight is 171 g/mol. The average Bonchev–Trinajstić information content (AvgIpc) is 2.62. The SMILES string of the molecule is NC1=C[CH-]C(=CC2=CCC[CH+]2)C=C1. The standard InChI is InChI=1S/C12H13N/c13-12-7-5-11(6-8-12)9-10-3-1-2-4-10/h3-9H,1-2,13H2. The van der Waals surface area contributed by atoms with Crippen LogP contribution in [0.4, 0.5) is 0 Å². The van der Waals surface area contributed by atoms with E-state index in [0.717, 1.165) is 5.70 Å². The van der Waals surface area contributed by atoms with Gasteiger partial charge in [0.25, 0.3) is 0 Å². The predicted molar refractivity (Wildman–Crippen MR) is 55.4 cm³/mol. The van der Waals surface area contributed by atoms with Gasteiger partial charge in [0, 0.05) is 31.4 Å². The molecule has 0 atom stereocenters. The Labute approximate surface area is 79.3 Å². The predicted octanol–water partition coefficient (Wildman–Crippen LogP) is 2.45. The lowest BCUT2D eigenvalue weighted by Crippen LogP contribution is -1.97. The van der Waals surface area contributed by atoms with Gasteiger partial charge in [0.15, 0.2) is 0 Å². The Bertz CT molecular complexity index is 316. The van der Waals surface area contributed by atoms with Crippen LogP contribution in [0.15, 0.2) is 47.2 Å². The Morgan fingerprint density at radius 2 is 2.38 bits per heavy atom. The van der Waals surface area contributed by atoms with Gasteiger partial charge in [-0.2, -0.15) is 0 Å². The molecule has 0 aromatic carbocycles. The highest BCUT2D eigenvalue weighted by atomic mass is 14.6. The van der Waals surface area contributed by atoms with Gasteiger partial charge in [0.1, 0.15) is 5.57 Å². The van der Waals surface area contributed by atoms with E-state index in [-0.39, 0.29) is 0 Å². The van der Waals surface area contributed by atoms with E-state index < -0.39 is 0 Å². The van der Waals surface area contributed by atoms with Crippen molar-refractivity contribution in [3.63, 3.8) is 0 Å². The van der Waals surface area contributed by atoms with Crippen molar-refractivity contribution >= 4 is 0 Å². The molecule has 0 aliphatic heterocycles. The molecule has 0 heterocycles. The lowest BCUT2D eigenvalue weighted by Gasteiger charge is -2.09. The molecule has 0 radical (unpaired) electrons. The van der Waals surface area contributed by atoms with Crippen LogP contribution in [0, 0.1) is 12.8 Å². The Hall–Kier alpha value is -1.50. The zero-order chi connectivity index (χ0) is 9.10. The van der Waals surface area contributed by atoms with Crippen LogP contribution in [0.25, 0.3) is 0 Å². The van der Waals surface area contributed by atoms with E-state index in [1.165, 1.54) is 24.0 Å². The highest BCUT2D eigenvalue weighted by molar-refractivity contribution is 5.47. The number of hydrogen-bond acceptors (Lipinski definition) is 1. The van der Waals surface area contributed by atoms with Gasteiger partial charge in [0.05, 0.1) is 0 Å². The molecule has 0 saturated carbocycles. The molecule has 2 rings (SSSR count). The Kier molecular flexibility index (Phi) is 2.17. The molecule has 66 valence electrons. The molecule has 0 spiro atoms. The third-order valence-corrected chi connectivity index (χ3v) is 2.20. The summed E-state index contributed by atoms with van der Waals surface area (Å²) < 4.78 is 0. The van der Waals surface area contributed by atoms with Crippen LogP contribution in [0.5, 0.6) is 0 Å². The lowest BCUT2D eigenvalue weighted by atomic mass is 10.0. The number of allylic oxidation sites excluding steroid dienone is 7. The summed E-state index contributed by atoms with van der Waals surface area (Å²) in [4.78, 5) is 0. The summed E-state index contributed by atoms with van der Waals surface area (Å²) in [6.45, 7) is 0. The minimum absolute atomic E-state index is 0.821. The third kappa shape index (κ3) is 2.00. The molecule has 13 heavy (non-hydrogen) atoms. The summed E-state index contributed by atoms with van der Waals surface area (Å²) in [7, 11) is 0. The molecule has 0 fully saturated rings. The monoisotopic (exact) mass is 171 g/mol. The summed E-state index contributed by atoms with van der Waals surface area (Å²) >= 11 is 0. The van der Waals surface area contributed by atoms with Gasteiger partial charge >= 0.3 is 0 Å². The van der Waals surface area contributed by atoms with Crippen molar-refractivity contribution < 1.29 is 0 Å². The van der Waals surface area contributed by atoms with E-state index in [1.807, 2.05) is 24.6 Å². The van der Waals surface area contributed by atoms with Crippen LogP contribution in [0.2, 0.25) is 0 Å². The van der Waals surface area contributed by atoms with Crippen molar-refractivity contribution in [2.75, 3.05) is 0 Å². The van der Waals surface area contributed by atoms with Crippen LogP contribution in [0.1, 0.15) is 12.8 Å². The first kappa shape index (κ1) is 8.11. The smallest absolute Gasteiger partial charge is 0.124 e. The number of rotatable bonds is 1. The molecule has 0 aromatic heterocycles. The molecule has 0 bridgehead atoms. The molecule has 0 amide bonds. The van der Waals surface area contributed by atoms with Gasteiger partial charge in [-0.25, -0.2) is 0 Å². The molecular weight excluding hydrogens is 158 g/mol. The maximum atomic E-state index is 5.60. The Morgan fingerprint density at radius 3 is 3.00 bits per heavy atom. The molecule has 0 unspecified atom stereocenters. The van der Waals surface area contributed by atoms with Crippen molar-refractivity contribution in [3.05, 3.63) is 60.1 Å². The van der Waals surface area contributed by atoms with Crippen molar-refractivity contribution in [2.24, 2.45) is 5.73 Å². The molecule has 2 aliphatic carbocycles. The van der Waals surface area contributed by atoms with E-state index in [2.05, 4.69) is 18.6 Å². The highest BCUT2D eigenvalue weighted by Crippen LogP contribution is 2.21. The molecule has 1 heteroatoms. The zero-order valence-electron chi connectivity index (χ0n) is 7.53. The van der Waals surface area contributed by atoms with Gasteiger partial charge in [-0.1, -0.05) is 5.70 Å². The van der Waals surface area contributed by atoms with E-state index in [9.17, 15) is 0 Å². The van der Waals surface area contributed by atoms with Gasteiger partial charge in [0.2, 0.25) is 0 Å².